The summed E-state index contributed by atoms with van der Waals surface area (Å²) < 4.78 is 32.0. The third kappa shape index (κ3) is 8.03. The molecule has 0 heterocycles. The molecule has 0 radical (unpaired) electrons. The Hall–Kier alpha value is -0.840. The summed E-state index contributed by atoms with van der Waals surface area (Å²) in [6, 6.07) is 0. The number of allylic oxidation sites excluding steroid dienone is 1. The Morgan fingerprint density at radius 2 is 1.74 bits per heavy atom. The number of methoxy groups -OCH3 is 1. The van der Waals surface area contributed by atoms with Gasteiger partial charge in [-0.25, -0.2) is 9.36 Å². The van der Waals surface area contributed by atoms with Crippen molar-refractivity contribution in [2.45, 2.75) is 40.0 Å². The van der Waals surface area contributed by atoms with Gasteiger partial charge in [-0.1, -0.05) is 13.3 Å². The summed E-state index contributed by atoms with van der Waals surface area (Å²) in [6.45, 7) is 5.75. The first-order valence-corrected chi connectivity index (χ1v) is 7.84. The molecule has 0 aromatic rings. The summed E-state index contributed by atoms with van der Waals surface area (Å²) in [6.07, 6.45) is 3.34. The van der Waals surface area contributed by atoms with Crippen molar-refractivity contribution < 1.29 is 27.7 Å². The van der Waals surface area contributed by atoms with Gasteiger partial charge in [-0.15, -0.1) is 0 Å². The van der Waals surface area contributed by atoms with Gasteiger partial charge < -0.3 is 9.26 Å². The summed E-state index contributed by atoms with van der Waals surface area (Å²) in [4.78, 5) is 11.2. The highest BCUT2D eigenvalue weighted by molar-refractivity contribution is 7.48. The third-order valence-electron chi connectivity index (χ3n) is 2.06. The molecule has 0 aliphatic rings. The lowest BCUT2D eigenvalue weighted by Gasteiger charge is -2.18. The van der Waals surface area contributed by atoms with Crippen molar-refractivity contribution in [3.05, 3.63) is 11.8 Å². The molecule has 0 rings (SSSR count). The van der Waals surface area contributed by atoms with E-state index in [0.717, 1.165) is 12.8 Å². The Balaban J connectivity index is 4.89. The number of rotatable bonds is 10. The molecular weight excluding hydrogens is 271 g/mol. The fraction of sp³-hybridized carbons (Fsp3) is 0.750. The Kier molecular flexibility index (Phi) is 9.57. The molecule has 0 atom stereocenters. The van der Waals surface area contributed by atoms with Crippen LogP contribution >= 0.6 is 7.82 Å². The number of ether oxygens (including phenoxy) is 1. The number of esters is 1. The second-order valence-electron chi connectivity index (χ2n) is 3.61. The summed E-state index contributed by atoms with van der Waals surface area (Å²) in [5, 5.41) is 0. The number of hydrogen-bond donors (Lipinski definition) is 0. The molecule has 6 nitrogen and oxygen atoms in total. The van der Waals surface area contributed by atoms with Crippen LogP contribution in [0.25, 0.3) is 0 Å². The maximum atomic E-state index is 12.2. The number of phosphoric acid groups is 1. The minimum atomic E-state index is -3.66. The van der Waals surface area contributed by atoms with Crippen LogP contribution in [0.1, 0.15) is 40.0 Å². The highest BCUT2D eigenvalue weighted by Crippen LogP contribution is 2.51. The molecule has 112 valence electrons. The number of unbranched alkanes of at least 4 members (excludes halogenated alkanes) is 1. The first-order valence-electron chi connectivity index (χ1n) is 6.38. The maximum Gasteiger partial charge on any atom is 0.529 e. The zero-order valence-electron chi connectivity index (χ0n) is 12.0. The molecular formula is C12H23O6P. The molecule has 0 fully saturated rings. The molecule has 7 heteroatoms. The van der Waals surface area contributed by atoms with Gasteiger partial charge in [0.25, 0.3) is 0 Å². The second kappa shape index (κ2) is 10.0. The van der Waals surface area contributed by atoms with Crippen LogP contribution in [-0.4, -0.2) is 26.3 Å². The van der Waals surface area contributed by atoms with E-state index < -0.39 is 13.8 Å². The van der Waals surface area contributed by atoms with E-state index in [-0.39, 0.29) is 19.0 Å². The molecule has 0 saturated heterocycles. The lowest BCUT2D eigenvalue weighted by Crippen LogP contribution is -2.04. The zero-order chi connectivity index (χ0) is 14.7. The van der Waals surface area contributed by atoms with Crippen LogP contribution in [0.2, 0.25) is 0 Å². The van der Waals surface area contributed by atoms with E-state index in [2.05, 4.69) is 4.74 Å². The topological polar surface area (TPSA) is 71.1 Å². The van der Waals surface area contributed by atoms with Crippen LogP contribution in [0, 0.1) is 0 Å². The standard InChI is InChI=1S/C12H23O6P/c1-5-8-9-11(10-12(13)15-4)18-19(14,16-6-2)17-7-3/h10H,5-9H2,1-4H3. The van der Waals surface area contributed by atoms with Crippen molar-refractivity contribution in [2.75, 3.05) is 20.3 Å². The van der Waals surface area contributed by atoms with Gasteiger partial charge in [-0.05, 0) is 20.3 Å². The first-order chi connectivity index (χ1) is 9.01. The number of hydrogen-bond acceptors (Lipinski definition) is 6. The van der Waals surface area contributed by atoms with Crippen molar-refractivity contribution in [1.82, 2.24) is 0 Å². The molecule has 0 unspecified atom stereocenters. The number of phosphoric ester groups is 1. The van der Waals surface area contributed by atoms with Crippen molar-refractivity contribution in [2.24, 2.45) is 0 Å². The van der Waals surface area contributed by atoms with Crippen molar-refractivity contribution in [3.8, 4) is 0 Å². The van der Waals surface area contributed by atoms with Crippen LogP contribution in [0.4, 0.5) is 0 Å². The van der Waals surface area contributed by atoms with Gasteiger partial charge in [0.05, 0.1) is 26.4 Å². The Bertz CT molecular complexity index is 329. The predicted molar refractivity (Wildman–Crippen MR) is 71.6 cm³/mol. The van der Waals surface area contributed by atoms with E-state index in [9.17, 15) is 9.36 Å². The van der Waals surface area contributed by atoms with E-state index in [1.54, 1.807) is 13.8 Å². The highest BCUT2D eigenvalue weighted by atomic mass is 31.2. The Morgan fingerprint density at radius 3 is 2.16 bits per heavy atom. The molecule has 19 heavy (non-hydrogen) atoms. The van der Waals surface area contributed by atoms with Gasteiger partial charge >= 0.3 is 13.8 Å². The largest absolute Gasteiger partial charge is 0.529 e. The van der Waals surface area contributed by atoms with E-state index >= 15 is 0 Å². The third-order valence-corrected chi connectivity index (χ3v) is 3.67. The average Bonchev–Trinajstić information content (AvgIpc) is 2.36. The number of carbonyl (C=O) groups is 1. The second-order valence-corrected chi connectivity index (χ2v) is 5.20. The van der Waals surface area contributed by atoms with Crippen molar-refractivity contribution in [3.63, 3.8) is 0 Å². The van der Waals surface area contributed by atoms with Gasteiger partial charge in [0.1, 0.15) is 5.76 Å². The summed E-state index contributed by atoms with van der Waals surface area (Å²) in [7, 11) is -2.39. The Morgan fingerprint density at radius 1 is 1.16 bits per heavy atom. The SMILES string of the molecule is CCCCC(=CC(=O)OC)OP(=O)(OCC)OCC. The summed E-state index contributed by atoms with van der Waals surface area (Å²) >= 11 is 0. The van der Waals surface area contributed by atoms with E-state index in [1.807, 2.05) is 6.92 Å². The van der Waals surface area contributed by atoms with Gasteiger partial charge in [0.15, 0.2) is 0 Å². The maximum absolute atomic E-state index is 12.2. The van der Waals surface area contributed by atoms with Crippen LogP contribution in [0.15, 0.2) is 11.8 Å². The summed E-state index contributed by atoms with van der Waals surface area (Å²) in [5.74, 6) is -0.315. The minimum Gasteiger partial charge on any atom is -0.466 e. The molecule has 0 aliphatic carbocycles. The molecule has 0 aromatic heterocycles. The highest BCUT2D eigenvalue weighted by Gasteiger charge is 2.28. The molecule has 0 saturated carbocycles. The van der Waals surface area contributed by atoms with Crippen LogP contribution in [-0.2, 0) is 27.7 Å². The van der Waals surface area contributed by atoms with Crippen molar-refractivity contribution >= 4 is 13.8 Å². The Labute approximate surface area is 114 Å². The van der Waals surface area contributed by atoms with Crippen molar-refractivity contribution in [1.29, 1.82) is 0 Å². The molecule has 0 bridgehead atoms. The molecule has 0 amide bonds. The monoisotopic (exact) mass is 294 g/mol. The fourth-order valence-corrected chi connectivity index (χ4v) is 2.48. The van der Waals surface area contributed by atoms with E-state index in [1.165, 1.54) is 13.2 Å². The summed E-state index contributed by atoms with van der Waals surface area (Å²) in [5.41, 5.74) is 0. The molecule has 0 spiro atoms. The van der Waals surface area contributed by atoms with Crippen LogP contribution < -0.4 is 0 Å². The normalized spacial score (nSPS) is 12.3. The van der Waals surface area contributed by atoms with Gasteiger partial charge in [-0.2, -0.15) is 0 Å². The van der Waals surface area contributed by atoms with E-state index in [4.69, 9.17) is 13.6 Å². The zero-order valence-corrected chi connectivity index (χ0v) is 12.9. The van der Waals surface area contributed by atoms with Crippen LogP contribution in [0.5, 0.6) is 0 Å². The number of carbonyl (C=O) groups excluding carboxylic acids is 1. The molecule has 0 aromatic carbocycles. The first kappa shape index (κ1) is 18.2. The quantitative estimate of drug-likeness (QED) is 0.266. The van der Waals surface area contributed by atoms with Crippen LogP contribution in [0.3, 0.4) is 0 Å². The molecule has 0 N–H and O–H groups in total. The lowest BCUT2D eigenvalue weighted by atomic mass is 10.2. The predicted octanol–water partition coefficient (Wildman–Crippen LogP) is 3.43. The average molecular weight is 294 g/mol. The smallest absolute Gasteiger partial charge is 0.466 e. The fourth-order valence-electron chi connectivity index (χ4n) is 1.24. The lowest BCUT2D eigenvalue weighted by molar-refractivity contribution is -0.135. The van der Waals surface area contributed by atoms with Gasteiger partial charge in [0, 0.05) is 6.42 Å². The van der Waals surface area contributed by atoms with E-state index in [0.29, 0.717) is 6.42 Å². The van der Waals surface area contributed by atoms with Gasteiger partial charge in [-0.3, -0.25) is 9.05 Å². The minimum absolute atomic E-state index is 0.191. The van der Waals surface area contributed by atoms with Gasteiger partial charge in [0.2, 0.25) is 0 Å². The molecule has 0 aliphatic heterocycles.